The summed E-state index contributed by atoms with van der Waals surface area (Å²) >= 11 is 3.41. The highest BCUT2D eigenvalue weighted by Crippen LogP contribution is 2.35. The Morgan fingerprint density at radius 1 is 0.456 bits per heavy atom. The molecular formula is C45H54N8O2S2. The van der Waals surface area contributed by atoms with E-state index in [-0.39, 0.29) is 24.7 Å². The van der Waals surface area contributed by atoms with Crippen LogP contribution >= 0.6 is 23.5 Å². The SMILES string of the molecule is O=C1CCC(=O)NCSCc2cccc3c(c4ccccc4nc23)NCCCNCCCCNCCCNc2c3ccccc3nc3c(cccc23)CSCCN1. The van der Waals surface area contributed by atoms with Crippen molar-refractivity contribution < 1.29 is 9.59 Å². The van der Waals surface area contributed by atoms with Crippen molar-refractivity contribution in [3.05, 3.63) is 96.1 Å². The fraction of sp³-hybridized carbons (Fsp3) is 0.378. The molecule has 6 N–H and O–H groups in total. The molecule has 3 heterocycles. The molecular weight excluding hydrogens is 749 g/mol. The number of nitrogens with one attached hydrogen (secondary N) is 6. The van der Waals surface area contributed by atoms with Crippen LogP contribution in [0.1, 0.15) is 49.7 Å². The van der Waals surface area contributed by atoms with Crippen LogP contribution in [-0.4, -0.2) is 79.2 Å². The third-order valence-electron chi connectivity index (χ3n) is 10.2. The largest absolute Gasteiger partial charge is 0.384 e. The molecule has 0 aliphatic carbocycles. The number of carbonyl (C=O) groups excluding carboxylic acids is 2. The van der Waals surface area contributed by atoms with Gasteiger partial charge in [-0.1, -0.05) is 72.8 Å². The summed E-state index contributed by atoms with van der Waals surface area (Å²) in [4.78, 5) is 35.4. The van der Waals surface area contributed by atoms with Gasteiger partial charge in [0.1, 0.15) is 0 Å². The van der Waals surface area contributed by atoms with E-state index in [1.165, 1.54) is 5.56 Å². The summed E-state index contributed by atoms with van der Waals surface area (Å²) in [5, 5.41) is 25.3. The number of para-hydroxylation sites is 4. The molecule has 2 aromatic heterocycles. The number of aromatic nitrogens is 2. The van der Waals surface area contributed by atoms with Gasteiger partial charge in [0.25, 0.3) is 0 Å². The third-order valence-corrected chi connectivity index (χ3v) is 12.1. The maximum atomic E-state index is 12.6. The quantitative estimate of drug-likeness (QED) is 0.0847. The van der Waals surface area contributed by atoms with E-state index < -0.39 is 0 Å². The van der Waals surface area contributed by atoms with Crippen LogP contribution < -0.4 is 31.9 Å². The molecule has 0 saturated heterocycles. The van der Waals surface area contributed by atoms with Gasteiger partial charge in [-0.15, -0.1) is 11.8 Å². The Morgan fingerprint density at radius 2 is 0.947 bits per heavy atom. The third kappa shape index (κ3) is 11.1. The molecule has 1 aliphatic heterocycles. The molecule has 12 heteroatoms. The standard InChI is InChI=1S/C45H54N8O2S2/c54-40-19-20-41(55)51-31-57-30-33-12-8-16-37-43(33)53-39-18-4-2-14-35(39)45(37)50-26-10-24-47-22-6-5-21-46-23-9-25-49-44-34-13-1-3-17-38(34)52-42-32(11-7-15-36(42)44)29-56-28-27-48-40/h1-4,7-8,11-18,46-47,49-50H,5-6,9-10,19-31H2,(H,48,54)(H,51,55). The summed E-state index contributed by atoms with van der Waals surface area (Å²) in [6.45, 7) is 6.25. The minimum Gasteiger partial charge on any atom is -0.384 e. The van der Waals surface area contributed by atoms with Crippen molar-refractivity contribution in [2.24, 2.45) is 0 Å². The molecule has 6 aromatic rings. The number of hydrogen-bond acceptors (Lipinski definition) is 10. The topological polar surface area (TPSA) is 132 Å². The molecule has 2 amide bonds. The number of amides is 2. The predicted molar refractivity (Wildman–Crippen MR) is 242 cm³/mol. The van der Waals surface area contributed by atoms with E-state index >= 15 is 0 Å². The Morgan fingerprint density at radius 3 is 1.53 bits per heavy atom. The lowest BCUT2D eigenvalue weighted by atomic mass is 10.0. The van der Waals surface area contributed by atoms with Crippen molar-refractivity contribution >= 4 is 90.3 Å². The first kappa shape index (κ1) is 40.6. The van der Waals surface area contributed by atoms with Crippen molar-refractivity contribution in [2.75, 3.05) is 68.1 Å². The second kappa shape index (κ2) is 21.2. The van der Waals surface area contributed by atoms with Crippen molar-refractivity contribution in [3.8, 4) is 0 Å². The summed E-state index contributed by atoms with van der Waals surface area (Å²) in [6, 6.07) is 29.5. The molecule has 8 bridgehead atoms. The molecule has 298 valence electrons. The summed E-state index contributed by atoms with van der Waals surface area (Å²) in [6.07, 6.45) is 4.66. The Hall–Kier alpha value is -4.62. The average Bonchev–Trinajstić information content (AvgIpc) is 3.23. The molecule has 0 saturated carbocycles. The van der Waals surface area contributed by atoms with Gasteiger partial charge < -0.3 is 31.9 Å². The van der Waals surface area contributed by atoms with Crippen molar-refractivity contribution in [3.63, 3.8) is 0 Å². The summed E-state index contributed by atoms with van der Waals surface area (Å²) < 4.78 is 0. The van der Waals surface area contributed by atoms with Crippen LogP contribution in [0, 0.1) is 0 Å². The van der Waals surface area contributed by atoms with Gasteiger partial charge in [0.15, 0.2) is 0 Å². The maximum Gasteiger partial charge on any atom is 0.221 e. The zero-order valence-electron chi connectivity index (χ0n) is 32.6. The van der Waals surface area contributed by atoms with Gasteiger partial charge in [0.05, 0.1) is 39.3 Å². The number of hydrogen-bond donors (Lipinski definition) is 6. The van der Waals surface area contributed by atoms with Crippen LogP contribution in [0.5, 0.6) is 0 Å². The molecule has 0 fully saturated rings. The molecule has 0 radical (unpaired) electrons. The summed E-state index contributed by atoms with van der Waals surface area (Å²) in [5.74, 6) is 2.51. The molecule has 4 aromatic carbocycles. The number of anilines is 2. The number of carbonyl (C=O) groups is 2. The monoisotopic (exact) mass is 802 g/mol. The highest BCUT2D eigenvalue weighted by molar-refractivity contribution is 7.98. The van der Waals surface area contributed by atoms with E-state index in [0.29, 0.717) is 18.2 Å². The number of pyridine rings is 2. The van der Waals surface area contributed by atoms with Crippen molar-refractivity contribution in [1.29, 1.82) is 0 Å². The lowest BCUT2D eigenvalue weighted by Crippen LogP contribution is -2.29. The lowest BCUT2D eigenvalue weighted by Gasteiger charge is -2.15. The van der Waals surface area contributed by atoms with Crippen LogP contribution in [0.3, 0.4) is 0 Å². The second-order valence-electron chi connectivity index (χ2n) is 14.4. The Balaban J connectivity index is 0.975. The number of nitrogens with zero attached hydrogens (tertiary/aromatic N) is 2. The Kier molecular flexibility index (Phi) is 15.1. The van der Waals surface area contributed by atoms with Crippen molar-refractivity contribution in [1.82, 2.24) is 31.2 Å². The second-order valence-corrected chi connectivity index (χ2v) is 16.5. The van der Waals surface area contributed by atoms with Crippen LogP contribution in [-0.2, 0) is 21.1 Å². The Labute approximate surface area is 343 Å². The first-order chi connectivity index (χ1) is 28.2. The number of thioether (sulfide) groups is 2. The minimum atomic E-state index is -0.121. The minimum absolute atomic E-state index is 0.106. The molecule has 0 unspecified atom stereocenters. The van der Waals surface area contributed by atoms with E-state index in [2.05, 4.69) is 105 Å². The Bertz CT molecular complexity index is 2290. The zero-order chi connectivity index (χ0) is 39.1. The van der Waals surface area contributed by atoms with E-state index in [1.807, 2.05) is 12.1 Å². The smallest absolute Gasteiger partial charge is 0.221 e. The zero-order valence-corrected chi connectivity index (χ0v) is 34.3. The maximum absolute atomic E-state index is 12.6. The van der Waals surface area contributed by atoms with Crippen molar-refractivity contribution in [2.45, 2.75) is 50.0 Å². The van der Waals surface area contributed by atoms with Crippen LogP contribution in [0.2, 0.25) is 0 Å². The first-order valence-corrected chi connectivity index (χ1v) is 22.7. The van der Waals surface area contributed by atoms with Gasteiger partial charge in [0.2, 0.25) is 11.8 Å². The van der Waals surface area contributed by atoms with E-state index in [0.717, 1.165) is 137 Å². The fourth-order valence-electron chi connectivity index (χ4n) is 7.30. The van der Waals surface area contributed by atoms with Gasteiger partial charge in [-0.2, -0.15) is 11.8 Å². The van der Waals surface area contributed by atoms with Gasteiger partial charge in [-0.3, -0.25) is 9.59 Å². The molecule has 0 atom stereocenters. The van der Waals surface area contributed by atoms with Crippen LogP contribution in [0.4, 0.5) is 11.4 Å². The number of rotatable bonds is 0. The number of benzene rings is 4. The highest BCUT2D eigenvalue weighted by Gasteiger charge is 2.14. The van der Waals surface area contributed by atoms with E-state index in [9.17, 15) is 9.59 Å². The van der Waals surface area contributed by atoms with Crippen LogP contribution in [0.25, 0.3) is 43.6 Å². The molecule has 0 spiro atoms. The number of fused-ring (bicyclic) bond motifs is 4. The first-order valence-electron chi connectivity index (χ1n) is 20.3. The van der Waals surface area contributed by atoms with Gasteiger partial charge >= 0.3 is 0 Å². The molecule has 10 nitrogen and oxygen atoms in total. The van der Waals surface area contributed by atoms with Gasteiger partial charge in [-0.05, 0) is 75.1 Å². The molecule has 57 heavy (non-hydrogen) atoms. The lowest BCUT2D eigenvalue weighted by molar-refractivity contribution is -0.126. The fourth-order valence-corrected chi connectivity index (χ4v) is 8.97. The van der Waals surface area contributed by atoms with Crippen LogP contribution in [0.15, 0.2) is 84.9 Å². The normalized spacial score (nSPS) is 17.3. The van der Waals surface area contributed by atoms with Gasteiger partial charge in [-0.25, -0.2) is 9.97 Å². The summed E-state index contributed by atoms with van der Waals surface area (Å²) in [7, 11) is 0. The van der Waals surface area contributed by atoms with Gasteiger partial charge in [0, 0.05) is 71.3 Å². The van der Waals surface area contributed by atoms with E-state index in [1.54, 1.807) is 23.5 Å². The van der Waals surface area contributed by atoms with E-state index in [4.69, 9.17) is 9.97 Å². The molecule has 7 rings (SSSR count). The molecule has 1 aliphatic rings. The predicted octanol–water partition coefficient (Wildman–Crippen LogP) is 7.80. The summed E-state index contributed by atoms with van der Waals surface area (Å²) in [5.41, 5.74) is 8.54. The highest BCUT2D eigenvalue weighted by atomic mass is 32.2. The average molecular weight is 803 g/mol.